The second-order valence-electron chi connectivity index (χ2n) is 4.84. The number of ketones is 1. The van der Waals surface area contributed by atoms with Crippen LogP contribution in [0.3, 0.4) is 0 Å². The molecule has 2 rings (SSSR count). The first kappa shape index (κ1) is 13.1. The number of piperidine rings is 1. The molecule has 98 valence electrons. The van der Waals surface area contributed by atoms with Gasteiger partial charge in [0.25, 0.3) is 0 Å². The summed E-state index contributed by atoms with van der Waals surface area (Å²) in [5, 5.41) is 3.17. The standard InChI is InChI=1S/C14H17F2NO/c1-2-14(7-4-8-17-9-14)13(18)10-5-3-6-11(15)12(10)16/h3,5-6,17H,2,4,7-9H2,1H3. The van der Waals surface area contributed by atoms with Gasteiger partial charge in [0.1, 0.15) is 0 Å². The van der Waals surface area contributed by atoms with Gasteiger partial charge in [-0.05, 0) is 37.9 Å². The number of rotatable bonds is 3. The van der Waals surface area contributed by atoms with Crippen molar-refractivity contribution in [1.82, 2.24) is 5.32 Å². The summed E-state index contributed by atoms with van der Waals surface area (Å²) in [6.45, 7) is 3.33. The lowest BCUT2D eigenvalue weighted by atomic mass is 9.72. The molecule has 4 heteroatoms. The SMILES string of the molecule is CCC1(C(=O)c2cccc(F)c2F)CCCNC1. The zero-order valence-corrected chi connectivity index (χ0v) is 10.4. The maximum atomic E-state index is 13.7. The summed E-state index contributed by atoms with van der Waals surface area (Å²) in [5.41, 5.74) is -0.715. The molecule has 0 aliphatic carbocycles. The number of hydrogen-bond acceptors (Lipinski definition) is 2. The molecule has 0 spiro atoms. The molecule has 0 saturated carbocycles. The Morgan fingerprint density at radius 3 is 2.83 bits per heavy atom. The fourth-order valence-electron chi connectivity index (χ4n) is 2.59. The highest BCUT2D eigenvalue weighted by atomic mass is 19.2. The summed E-state index contributed by atoms with van der Waals surface area (Å²) in [7, 11) is 0. The van der Waals surface area contributed by atoms with Crippen LogP contribution < -0.4 is 5.32 Å². The Hall–Kier alpha value is -1.29. The molecule has 1 heterocycles. The number of benzene rings is 1. The van der Waals surface area contributed by atoms with E-state index < -0.39 is 17.0 Å². The first-order valence-electron chi connectivity index (χ1n) is 6.30. The first-order chi connectivity index (χ1) is 8.60. The van der Waals surface area contributed by atoms with Crippen LogP contribution in [-0.4, -0.2) is 18.9 Å². The monoisotopic (exact) mass is 253 g/mol. The maximum Gasteiger partial charge on any atom is 0.173 e. The Balaban J connectivity index is 2.37. The normalized spacial score (nSPS) is 23.9. The summed E-state index contributed by atoms with van der Waals surface area (Å²) >= 11 is 0. The summed E-state index contributed by atoms with van der Waals surface area (Å²) in [6, 6.07) is 3.78. The summed E-state index contributed by atoms with van der Waals surface area (Å²) in [4.78, 5) is 12.5. The molecule has 1 fully saturated rings. The number of carbonyl (C=O) groups excluding carboxylic acids is 1. The largest absolute Gasteiger partial charge is 0.316 e. The average molecular weight is 253 g/mol. The second-order valence-corrected chi connectivity index (χ2v) is 4.84. The number of Topliss-reactive ketones (excluding diaryl/α,β-unsaturated/α-hetero) is 1. The van der Waals surface area contributed by atoms with Gasteiger partial charge < -0.3 is 5.32 Å². The molecule has 1 aliphatic heterocycles. The Morgan fingerprint density at radius 2 is 2.22 bits per heavy atom. The van der Waals surface area contributed by atoms with Gasteiger partial charge in [0, 0.05) is 12.0 Å². The van der Waals surface area contributed by atoms with Gasteiger partial charge in [-0.1, -0.05) is 13.0 Å². The van der Waals surface area contributed by atoms with E-state index in [1.165, 1.54) is 12.1 Å². The van der Waals surface area contributed by atoms with Crippen molar-refractivity contribution in [3.05, 3.63) is 35.4 Å². The van der Waals surface area contributed by atoms with Crippen molar-refractivity contribution in [1.29, 1.82) is 0 Å². The van der Waals surface area contributed by atoms with E-state index in [0.717, 1.165) is 25.5 Å². The smallest absolute Gasteiger partial charge is 0.173 e. The highest BCUT2D eigenvalue weighted by Gasteiger charge is 2.39. The molecule has 18 heavy (non-hydrogen) atoms. The molecule has 1 aromatic rings. The molecule has 1 aliphatic rings. The summed E-state index contributed by atoms with van der Waals surface area (Å²) in [6.07, 6.45) is 2.25. The van der Waals surface area contributed by atoms with Gasteiger partial charge in [-0.15, -0.1) is 0 Å². The van der Waals surface area contributed by atoms with Gasteiger partial charge in [-0.25, -0.2) is 8.78 Å². The van der Waals surface area contributed by atoms with Crippen molar-refractivity contribution in [2.24, 2.45) is 5.41 Å². The van der Waals surface area contributed by atoms with Crippen LogP contribution in [0.2, 0.25) is 0 Å². The third-order valence-electron chi connectivity index (χ3n) is 3.83. The quantitative estimate of drug-likeness (QED) is 0.839. The minimum Gasteiger partial charge on any atom is -0.316 e. The Morgan fingerprint density at radius 1 is 1.44 bits per heavy atom. The third kappa shape index (κ3) is 2.17. The van der Waals surface area contributed by atoms with Crippen LogP contribution >= 0.6 is 0 Å². The van der Waals surface area contributed by atoms with Crippen LogP contribution in [0.5, 0.6) is 0 Å². The van der Waals surface area contributed by atoms with Gasteiger partial charge in [0.2, 0.25) is 0 Å². The fourth-order valence-corrected chi connectivity index (χ4v) is 2.59. The predicted molar refractivity (Wildman–Crippen MR) is 65.5 cm³/mol. The number of carbonyl (C=O) groups is 1. The second kappa shape index (κ2) is 5.14. The molecule has 1 unspecified atom stereocenters. The van der Waals surface area contributed by atoms with E-state index >= 15 is 0 Å². The zero-order valence-electron chi connectivity index (χ0n) is 10.4. The van der Waals surface area contributed by atoms with E-state index in [0.29, 0.717) is 13.0 Å². The van der Waals surface area contributed by atoms with Crippen LogP contribution in [-0.2, 0) is 0 Å². The van der Waals surface area contributed by atoms with Gasteiger partial charge in [0.15, 0.2) is 17.4 Å². The van der Waals surface area contributed by atoms with Crippen molar-refractivity contribution in [3.63, 3.8) is 0 Å². The molecule has 0 aromatic heterocycles. The molecular weight excluding hydrogens is 236 g/mol. The molecule has 0 bridgehead atoms. The zero-order chi connectivity index (χ0) is 13.2. The summed E-state index contributed by atoms with van der Waals surface area (Å²) in [5.74, 6) is -2.27. The molecule has 1 saturated heterocycles. The molecule has 1 aromatic carbocycles. The minimum atomic E-state index is -1.03. The topological polar surface area (TPSA) is 29.1 Å². The van der Waals surface area contributed by atoms with E-state index in [4.69, 9.17) is 0 Å². The van der Waals surface area contributed by atoms with Gasteiger partial charge in [-0.3, -0.25) is 4.79 Å². The lowest BCUT2D eigenvalue weighted by Gasteiger charge is -2.35. The van der Waals surface area contributed by atoms with E-state index in [2.05, 4.69) is 5.32 Å². The maximum absolute atomic E-state index is 13.7. The molecule has 0 radical (unpaired) electrons. The van der Waals surface area contributed by atoms with Crippen LogP contribution in [0.15, 0.2) is 18.2 Å². The van der Waals surface area contributed by atoms with Crippen LogP contribution in [0.25, 0.3) is 0 Å². The number of halogens is 2. The van der Waals surface area contributed by atoms with E-state index in [-0.39, 0.29) is 11.3 Å². The van der Waals surface area contributed by atoms with Crippen molar-refractivity contribution in [2.45, 2.75) is 26.2 Å². The van der Waals surface area contributed by atoms with Crippen LogP contribution in [0.4, 0.5) is 8.78 Å². The summed E-state index contributed by atoms with van der Waals surface area (Å²) < 4.78 is 26.9. The van der Waals surface area contributed by atoms with Gasteiger partial charge >= 0.3 is 0 Å². The van der Waals surface area contributed by atoms with Crippen molar-refractivity contribution in [3.8, 4) is 0 Å². The Kier molecular flexibility index (Phi) is 3.76. The van der Waals surface area contributed by atoms with E-state index in [1.807, 2.05) is 6.92 Å². The van der Waals surface area contributed by atoms with Crippen molar-refractivity contribution >= 4 is 5.78 Å². The molecule has 1 atom stereocenters. The lowest BCUT2D eigenvalue weighted by Crippen LogP contribution is -2.45. The average Bonchev–Trinajstić information content (AvgIpc) is 2.42. The Labute approximate surface area is 105 Å². The molecule has 2 nitrogen and oxygen atoms in total. The number of hydrogen-bond donors (Lipinski definition) is 1. The first-order valence-corrected chi connectivity index (χ1v) is 6.30. The van der Waals surface area contributed by atoms with Gasteiger partial charge in [0.05, 0.1) is 5.56 Å². The lowest BCUT2D eigenvalue weighted by molar-refractivity contribution is 0.0725. The minimum absolute atomic E-state index is 0.124. The van der Waals surface area contributed by atoms with Crippen molar-refractivity contribution in [2.75, 3.05) is 13.1 Å². The van der Waals surface area contributed by atoms with Gasteiger partial charge in [-0.2, -0.15) is 0 Å². The number of nitrogens with one attached hydrogen (secondary N) is 1. The van der Waals surface area contributed by atoms with Crippen LogP contribution in [0, 0.1) is 17.0 Å². The van der Waals surface area contributed by atoms with E-state index in [9.17, 15) is 13.6 Å². The highest BCUT2D eigenvalue weighted by molar-refractivity contribution is 6.01. The molecular formula is C14H17F2NO. The molecule has 0 amide bonds. The Bertz CT molecular complexity index is 453. The van der Waals surface area contributed by atoms with Crippen LogP contribution in [0.1, 0.15) is 36.5 Å². The molecule has 1 N–H and O–H groups in total. The van der Waals surface area contributed by atoms with E-state index in [1.54, 1.807) is 0 Å². The third-order valence-corrected chi connectivity index (χ3v) is 3.83. The predicted octanol–water partition coefficient (Wildman–Crippen LogP) is 2.93. The fraction of sp³-hybridized carbons (Fsp3) is 0.500. The highest BCUT2D eigenvalue weighted by Crippen LogP contribution is 2.34. The van der Waals surface area contributed by atoms with Crippen molar-refractivity contribution < 1.29 is 13.6 Å².